The standard InChI is InChI=1S/C9H15F3N2O3/c1-2-14(6-3-7(15)16)8(17)13-5-4-9(10,11)12/h2-6H2,1H3,(H,13,17)(H,15,16). The minimum atomic E-state index is -4.31. The summed E-state index contributed by atoms with van der Waals surface area (Å²) in [4.78, 5) is 22.8. The molecule has 2 amide bonds. The van der Waals surface area contributed by atoms with Gasteiger partial charge in [0.25, 0.3) is 0 Å². The molecular formula is C9H15F3N2O3. The first-order valence-corrected chi connectivity index (χ1v) is 5.07. The molecule has 0 atom stereocenters. The van der Waals surface area contributed by atoms with E-state index in [2.05, 4.69) is 5.32 Å². The first-order chi connectivity index (χ1) is 7.76. The third-order valence-corrected chi connectivity index (χ3v) is 1.95. The number of aliphatic carboxylic acids is 1. The Morgan fingerprint density at radius 3 is 2.35 bits per heavy atom. The van der Waals surface area contributed by atoms with Crippen molar-refractivity contribution in [3.8, 4) is 0 Å². The summed E-state index contributed by atoms with van der Waals surface area (Å²) in [5, 5.41) is 10.5. The molecule has 0 aromatic rings. The summed E-state index contributed by atoms with van der Waals surface area (Å²) in [7, 11) is 0. The van der Waals surface area contributed by atoms with Crippen molar-refractivity contribution in [1.29, 1.82) is 0 Å². The van der Waals surface area contributed by atoms with Crippen LogP contribution in [-0.2, 0) is 4.79 Å². The first kappa shape index (κ1) is 15.5. The van der Waals surface area contributed by atoms with Gasteiger partial charge in [-0.2, -0.15) is 13.2 Å². The highest BCUT2D eigenvalue weighted by Gasteiger charge is 2.26. The topological polar surface area (TPSA) is 69.6 Å². The molecule has 0 heterocycles. The Balaban J connectivity index is 3.96. The summed E-state index contributed by atoms with van der Waals surface area (Å²) in [6.45, 7) is 1.33. The molecule has 8 heteroatoms. The van der Waals surface area contributed by atoms with Crippen LogP contribution >= 0.6 is 0 Å². The van der Waals surface area contributed by atoms with Crippen molar-refractivity contribution in [3.05, 3.63) is 0 Å². The molecular weight excluding hydrogens is 241 g/mol. The van der Waals surface area contributed by atoms with Crippen LogP contribution < -0.4 is 5.32 Å². The molecule has 2 N–H and O–H groups in total. The molecule has 100 valence electrons. The molecule has 0 aromatic heterocycles. The normalized spacial score (nSPS) is 11.1. The third kappa shape index (κ3) is 8.35. The second kappa shape index (κ2) is 6.97. The lowest BCUT2D eigenvalue weighted by Gasteiger charge is -2.20. The van der Waals surface area contributed by atoms with Crippen LogP contribution in [0.15, 0.2) is 0 Å². The number of hydrogen-bond acceptors (Lipinski definition) is 2. The molecule has 0 unspecified atom stereocenters. The minimum Gasteiger partial charge on any atom is -0.481 e. The third-order valence-electron chi connectivity index (χ3n) is 1.95. The predicted molar refractivity (Wildman–Crippen MR) is 53.6 cm³/mol. The summed E-state index contributed by atoms with van der Waals surface area (Å²) in [5.74, 6) is -1.06. The first-order valence-electron chi connectivity index (χ1n) is 5.07. The number of amides is 2. The van der Waals surface area contributed by atoms with Gasteiger partial charge in [-0.3, -0.25) is 4.79 Å². The van der Waals surface area contributed by atoms with Gasteiger partial charge in [0.1, 0.15) is 0 Å². The molecule has 0 bridgehead atoms. The van der Waals surface area contributed by atoms with Crippen molar-refractivity contribution in [2.45, 2.75) is 25.9 Å². The number of hydrogen-bond donors (Lipinski definition) is 2. The van der Waals surface area contributed by atoms with Gasteiger partial charge in [0.15, 0.2) is 0 Å². The quantitative estimate of drug-likeness (QED) is 0.755. The van der Waals surface area contributed by atoms with Crippen LogP contribution in [0.25, 0.3) is 0 Å². The Labute approximate surface area is 96.6 Å². The summed E-state index contributed by atoms with van der Waals surface area (Å²) in [6.07, 6.45) is -5.65. The second-order valence-electron chi connectivity index (χ2n) is 3.32. The molecule has 0 rings (SSSR count). The smallest absolute Gasteiger partial charge is 0.390 e. The lowest BCUT2D eigenvalue weighted by Crippen LogP contribution is -2.42. The number of nitrogens with zero attached hydrogens (tertiary/aromatic N) is 1. The molecule has 0 aliphatic rings. The summed E-state index contributed by atoms with van der Waals surface area (Å²) < 4.78 is 35.4. The fourth-order valence-corrected chi connectivity index (χ4v) is 1.06. The molecule has 0 aliphatic carbocycles. The fourth-order valence-electron chi connectivity index (χ4n) is 1.06. The van der Waals surface area contributed by atoms with Gasteiger partial charge in [-0.25, -0.2) is 4.79 Å². The van der Waals surface area contributed by atoms with Crippen molar-refractivity contribution in [1.82, 2.24) is 10.2 Å². The molecule has 17 heavy (non-hydrogen) atoms. The Hall–Kier alpha value is -1.47. The largest absolute Gasteiger partial charge is 0.481 e. The summed E-state index contributed by atoms with van der Waals surface area (Å²) >= 11 is 0. The Morgan fingerprint density at radius 1 is 1.35 bits per heavy atom. The zero-order chi connectivity index (χ0) is 13.5. The molecule has 0 saturated heterocycles. The molecule has 0 aromatic carbocycles. The van der Waals surface area contributed by atoms with Crippen molar-refractivity contribution in [3.63, 3.8) is 0 Å². The molecule has 0 fully saturated rings. The number of carbonyl (C=O) groups is 2. The van der Waals surface area contributed by atoms with Crippen LogP contribution in [0.4, 0.5) is 18.0 Å². The number of carbonyl (C=O) groups excluding carboxylic acids is 1. The molecule has 0 spiro atoms. The average molecular weight is 256 g/mol. The summed E-state index contributed by atoms with van der Waals surface area (Å²) in [5.41, 5.74) is 0. The van der Waals surface area contributed by atoms with Crippen LogP contribution in [0.1, 0.15) is 19.8 Å². The molecule has 0 saturated carbocycles. The summed E-state index contributed by atoms with van der Waals surface area (Å²) in [6, 6.07) is -0.682. The zero-order valence-electron chi connectivity index (χ0n) is 9.38. The van der Waals surface area contributed by atoms with Gasteiger partial charge in [-0.05, 0) is 6.92 Å². The van der Waals surface area contributed by atoms with Gasteiger partial charge in [0.05, 0.1) is 12.8 Å². The number of halogens is 3. The predicted octanol–water partition coefficient (Wildman–Crippen LogP) is 1.44. The van der Waals surface area contributed by atoms with E-state index in [0.717, 1.165) is 4.90 Å². The van der Waals surface area contributed by atoms with Crippen LogP contribution in [-0.4, -0.2) is 47.8 Å². The lowest BCUT2D eigenvalue weighted by atomic mass is 10.4. The number of carboxylic acid groups (broad SMARTS) is 1. The van der Waals surface area contributed by atoms with Crippen LogP contribution in [0.5, 0.6) is 0 Å². The van der Waals surface area contributed by atoms with E-state index < -0.39 is 31.1 Å². The van der Waals surface area contributed by atoms with Crippen LogP contribution in [0, 0.1) is 0 Å². The van der Waals surface area contributed by atoms with E-state index in [1.807, 2.05) is 0 Å². The van der Waals surface area contributed by atoms with Gasteiger partial charge in [-0.1, -0.05) is 0 Å². The number of rotatable bonds is 6. The van der Waals surface area contributed by atoms with E-state index in [4.69, 9.17) is 5.11 Å². The van der Waals surface area contributed by atoms with E-state index in [-0.39, 0.29) is 19.5 Å². The van der Waals surface area contributed by atoms with E-state index in [1.165, 1.54) is 0 Å². The number of alkyl halides is 3. The monoisotopic (exact) mass is 256 g/mol. The van der Waals surface area contributed by atoms with Crippen LogP contribution in [0.2, 0.25) is 0 Å². The van der Waals surface area contributed by atoms with E-state index in [1.54, 1.807) is 6.92 Å². The minimum absolute atomic E-state index is 0.0241. The molecule has 0 aliphatic heterocycles. The number of urea groups is 1. The number of carboxylic acids is 1. The highest BCUT2D eigenvalue weighted by atomic mass is 19.4. The Morgan fingerprint density at radius 2 is 1.94 bits per heavy atom. The van der Waals surface area contributed by atoms with Crippen molar-refractivity contribution in [2.75, 3.05) is 19.6 Å². The van der Waals surface area contributed by atoms with Gasteiger partial charge in [0.2, 0.25) is 0 Å². The second-order valence-corrected chi connectivity index (χ2v) is 3.32. The van der Waals surface area contributed by atoms with E-state index in [0.29, 0.717) is 0 Å². The highest BCUT2D eigenvalue weighted by molar-refractivity contribution is 5.75. The number of nitrogens with one attached hydrogen (secondary N) is 1. The average Bonchev–Trinajstić information content (AvgIpc) is 2.16. The Kier molecular flexibility index (Phi) is 6.37. The maximum absolute atomic E-state index is 11.8. The maximum atomic E-state index is 11.8. The van der Waals surface area contributed by atoms with Crippen molar-refractivity contribution >= 4 is 12.0 Å². The maximum Gasteiger partial charge on any atom is 0.390 e. The molecule has 0 radical (unpaired) electrons. The SMILES string of the molecule is CCN(CCC(=O)O)C(=O)NCCC(F)(F)F. The van der Waals surface area contributed by atoms with Gasteiger partial charge >= 0.3 is 18.2 Å². The van der Waals surface area contributed by atoms with Gasteiger partial charge in [0, 0.05) is 19.6 Å². The Bertz CT molecular complexity index is 269. The highest BCUT2D eigenvalue weighted by Crippen LogP contribution is 2.18. The van der Waals surface area contributed by atoms with Crippen LogP contribution in [0.3, 0.4) is 0 Å². The van der Waals surface area contributed by atoms with E-state index in [9.17, 15) is 22.8 Å². The fraction of sp³-hybridized carbons (Fsp3) is 0.778. The van der Waals surface area contributed by atoms with Gasteiger partial charge in [-0.15, -0.1) is 0 Å². The van der Waals surface area contributed by atoms with Gasteiger partial charge < -0.3 is 15.3 Å². The van der Waals surface area contributed by atoms with E-state index >= 15 is 0 Å². The van der Waals surface area contributed by atoms with Crippen molar-refractivity contribution < 1.29 is 27.9 Å². The molecule has 5 nitrogen and oxygen atoms in total. The zero-order valence-corrected chi connectivity index (χ0v) is 9.38. The van der Waals surface area contributed by atoms with Crippen molar-refractivity contribution in [2.24, 2.45) is 0 Å². The lowest BCUT2D eigenvalue weighted by molar-refractivity contribution is -0.137.